The molecule has 0 bridgehead atoms. The molecule has 0 N–H and O–H groups in total. The van der Waals surface area contributed by atoms with E-state index < -0.39 is 11.9 Å². The molecule has 0 aromatic carbocycles. The van der Waals surface area contributed by atoms with Crippen LogP contribution >= 0.6 is 0 Å². The SMILES string of the molecule is COC(=O)c1cnc(OC)nc1C(=O)OC. The molecule has 0 aliphatic rings. The summed E-state index contributed by atoms with van der Waals surface area (Å²) >= 11 is 0. The second kappa shape index (κ2) is 5.06. The Kier molecular flexibility index (Phi) is 3.76. The topological polar surface area (TPSA) is 87.6 Å². The number of rotatable bonds is 3. The molecule has 0 atom stereocenters. The van der Waals surface area contributed by atoms with Crippen molar-refractivity contribution in [3.63, 3.8) is 0 Å². The van der Waals surface area contributed by atoms with Gasteiger partial charge in [-0.15, -0.1) is 0 Å². The summed E-state index contributed by atoms with van der Waals surface area (Å²) in [5.41, 5.74) is -0.267. The summed E-state index contributed by atoms with van der Waals surface area (Å²) in [6.07, 6.45) is 1.14. The minimum atomic E-state index is -0.763. The van der Waals surface area contributed by atoms with E-state index in [0.29, 0.717) is 0 Å². The highest BCUT2D eigenvalue weighted by Crippen LogP contribution is 2.11. The number of nitrogens with zero attached hydrogens (tertiary/aromatic N) is 2. The first-order chi connectivity index (χ1) is 7.63. The molecule has 0 saturated heterocycles. The van der Waals surface area contributed by atoms with Gasteiger partial charge in [-0.1, -0.05) is 0 Å². The van der Waals surface area contributed by atoms with Crippen LogP contribution in [-0.4, -0.2) is 43.2 Å². The molecular weight excluding hydrogens is 216 g/mol. The van der Waals surface area contributed by atoms with Crippen molar-refractivity contribution >= 4 is 11.9 Å². The van der Waals surface area contributed by atoms with E-state index in [0.717, 1.165) is 6.20 Å². The summed E-state index contributed by atoms with van der Waals surface area (Å²) in [6.45, 7) is 0. The van der Waals surface area contributed by atoms with Crippen molar-refractivity contribution in [3.8, 4) is 6.01 Å². The molecule has 1 aromatic heterocycles. The highest BCUT2D eigenvalue weighted by molar-refractivity contribution is 6.01. The molecule has 7 nitrogen and oxygen atoms in total. The number of aromatic nitrogens is 2. The summed E-state index contributed by atoms with van der Waals surface area (Å²) in [6, 6.07) is -0.0342. The van der Waals surface area contributed by atoms with E-state index in [1.165, 1.54) is 21.3 Å². The molecule has 1 aromatic rings. The Labute approximate surface area is 91.4 Å². The van der Waals surface area contributed by atoms with Gasteiger partial charge in [0.2, 0.25) is 0 Å². The first-order valence-electron chi connectivity index (χ1n) is 4.21. The fraction of sp³-hybridized carbons (Fsp3) is 0.333. The summed E-state index contributed by atoms with van der Waals surface area (Å²) in [5.74, 6) is -1.48. The Morgan fingerprint density at radius 1 is 1.12 bits per heavy atom. The van der Waals surface area contributed by atoms with Gasteiger partial charge >= 0.3 is 17.9 Å². The Balaban J connectivity index is 3.26. The molecule has 0 aliphatic carbocycles. The predicted molar refractivity (Wildman–Crippen MR) is 51.3 cm³/mol. The first-order valence-corrected chi connectivity index (χ1v) is 4.21. The number of hydrogen-bond acceptors (Lipinski definition) is 7. The molecule has 0 fully saturated rings. The zero-order valence-corrected chi connectivity index (χ0v) is 9.01. The lowest BCUT2D eigenvalue weighted by atomic mass is 10.2. The van der Waals surface area contributed by atoms with Crippen LogP contribution in [0.25, 0.3) is 0 Å². The van der Waals surface area contributed by atoms with Crippen LogP contribution in [0.3, 0.4) is 0 Å². The van der Waals surface area contributed by atoms with Crippen molar-refractivity contribution in [3.05, 3.63) is 17.5 Å². The maximum Gasteiger partial charge on any atom is 0.357 e. The zero-order valence-electron chi connectivity index (χ0n) is 9.01. The normalized spacial score (nSPS) is 9.44. The van der Waals surface area contributed by atoms with Crippen LogP contribution in [-0.2, 0) is 9.47 Å². The lowest BCUT2D eigenvalue weighted by Gasteiger charge is -2.05. The molecule has 1 heterocycles. The highest BCUT2D eigenvalue weighted by atomic mass is 16.5. The fourth-order valence-electron chi connectivity index (χ4n) is 0.976. The molecule has 86 valence electrons. The van der Waals surface area contributed by atoms with Crippen LogP contribution in [0.5, 0.6) is 6.01 Å². The molecular formula is C9H10N2O5. The first kappa shape index (κ1) is 11.9. The van der Waals surface area contributed by atoms with Crippen LogP contribution in [0.15, 0.2) is 6.20 Å². The van der Waals surface area contributed by atoms with Gasteiger partial charge in [-0.3, -0.25) is 0 Å². The Morgan fingerprint density at radius 2 is 1.75 bits per heavy atom. The third-order valence-electron chi connectivity index (χ3n) is 1.73. The fourth-order valence-corrected chi connectivity index (χ4v) is 0.976. The van der Waals surface area contributed by atoms with Gasteiger partial charge in [0.05, 0.1) is 21.3 Å². The van der Waals surface area contributed by atoms with Gasteiger partial charge in [-0.2, -0.15) is 4.98 Å². The molecule has 0 unspecified atom stereocenters. The molecule has 0 amide bonds. The van der Waals surface area contributed by atoms with E-state index in [-0.39, 0.29) is 17.3 Å². The van der Waals surface area contributed by atoms with Gasteiger partial charge in [0.25, 0.3) is 0 Å². The number of hydrogen-bond donors (Lipinski definition) is 0. The standard InChI is InChI=1S/C9H10N2O5/c1-14-7(12)5-4-10-9(16-3)11-6(5)8(13)15-2/h4H,1-3H3. The Bertz CT molecular complexity index is 418. The van der Waals surface area contributed by atoms with Crippen molar-refractivity contribution in [2.24, 2.45) is 0 Å². The van der Waals surface area contributed by atoms with Crippen molar-refractivity contribution in [1.82, 2.24) is 9.97 Å². The smallest absolute Gasteiger partial charge is 0.357 e. The van der Waals surface area contributed by atoms with E-state index in [9.17, 15) is 9.59 Å². The van der Waals surface area contributed by atoms with E-state index in [1.54, 1.807) is 0 Å². The van der Waals surface area contributed by atoms with Crippen molar-refractivity contribution in [2.45, 2.75) is 0 Å². The largest absolute Gasteiger partial charge is 0.467 e. The average molecular weight is 226 g/mol. The van der Waals surface area contributed by atoms with Gasteiger partial charge in [-0.05, 0) is 0 Å². The lowest BCUT2D eigenvalue weighted by Crippen LogP contribution is -2.15. The van der Waals surface area contributed by atoms with Crippen LogP contribution in [0.4, 0.5) is 0 Å². The second-order valence-electron chi connectivity index (χ2n) is 2.60. The summed E-state index contributed by atoms with van der Waals surface area (Å²) in [4.78, 5) is 30.1. The predicted octanol–water partition coefficient (Wildman–Crippen LogP) is 0.0584. The zero-order chi connectivity index (χ0) is 12.1. The van der Waals surface area contributed by atoms with Gasteiger partial charge in [0.1, 0.15) is 5.56 Å². The monoisotopic (exact) mass is 226 g/mol. The number of ether oxygens (including phenoxy) is 3. The summed E-state index contributed by atoms with van der Waals surface area (Å²) in [5, 5.41) is 0. The molecule has 0 radical (unpaired) electrons. The number of esters is 2. The second-order valence-corrected chi connectivity index (χ2v) is 2.60. The van der Waals surface area contributed by atoms with Gasteiger partial charge < -0.3 is 14.2 Å². The van der Waals surface area contributed by atoms with E-state index >= 15 is 0 Å². The van der Waals surface area contributed by atoms with Crippen molar-refractivity contribution < 1.29 is 23.8 Å². The third-order valence-corrected chi connectivity index (χ3v) is 1.73. The average Bonchev–Trinajstić information content (AvgIpc) is 2.36. The summed E-state index contributed by atoms with van der Waals surface area (Å²) in [7, 11) is 3.71. The molecule has 0 saturated carbocycles. The molecule has 7 heteroatoms. The third kappa shape index (κ3) is 2.25. The molecule has 0 aliphatic heterocycles. The molecule has 0 spiro atoms. The number of carbonyl (C=O) groups is 2. The minimum absolute atomic E-state index is 0.0342. The van der Waals surface area contributed by atoms with Crippen LogP contribution < -0.4 is 4.74 Å². The quantitative estimate of drug-likeness (QED) is 0.673. The van der Waals surface area contributed by atoms with Crippen molar-refractivity contribution in [1.29, 1.82) is 0 Å². The van der Waals surface area contributed by atoms with E-state index in [4.69, 9.17) is 4.74 Å². The molecule has 16 heavy (non-hydrogen) atoms. The van der Waals surface area contributed by atoms with Crippen LogP contribution in [0.2, 0.25) is 0 Å². The number of carbonyl (C=O) groups excluding carboxylic acids is 2. The minimum Gasteiger partial charge on any atom is -0.467 e. The maximum atomic E-state index is 11.3. The Hall–Kier alpha value is -2.18. The maximum absolute atomic E-state index is 11.3. The van der Waals surface area contributed by atoms with Gasteiger partial charge in [0, 0.05) is 6.20 Å². The highest BCUT2D eigenvalue weighted by Gasteiger charge is 2.21. The van der Waals surface area contributed by atoms with E-state index in [2.05, 4.69) is 19.4 Å². The summed E-state index contributed by atoms with van der Waals surface area (Å²) < 4.78 is 13.7. The number of methoxy groups -OCH3 is 3. The van der Waals surface area contributed by atoms with E-state index in [1.807, 2.05) is 0 Å². The van der Waals surface area contributed by atoms with Gasteiger partial charge in [-0.25, -0.2) is 14.6 Å². The van der Waals surface area contributed by atoms with Crippen LogP contribution in [0, 0.1) is 0 Å². The lowest BCUT2D eigenvalue weighted by molar-refractivity contribution is 0.0548. The van der Waals surface area contributed by atoms with Crippen molar-refractivity contribution in [2.75, 3.05) is 21.3 Å². The van der Waals surface area contributed by atoms with Crippen LogP contribution in [0.1, 0.15) is 20.8 Å². The Morgan fingerprint density at radius 3 is 2.25 bits per heavy atom. The van der Waals surface area contributed by atoms with Gasteiger partial charge in [0.15, 0.2) is 5.69 Å². The molecule has 1 rings (SSSR count).